The molecule has 9 nitrogen and oxygen atoms in total. The Bertz CT molecular complexity index is 1320. The Labute approximate surface area is 187 Å². The normalized spacial score (nSPS) is 12.0. The summed E-state index contributed by atoms with van der Waals surface area (Å²) in [5, 5.41) is 14.8. The van der Waals surface area contributed by atoms with Gasteiger partial charge in [0.15, 0.2) is 5.65 Å². The minimum Gasteiger partial charge on any atom is -0.491 e. The number of rotatable bonds is 8. The maximum atomic E-state index is 13.2. The van der Waals surface area contributed by atoms with Crippen molar-refractivity contribution in [2.45, 2.75) is 19.6 Å². The van der Waals surface area contributed by atoms with Gasteiger partial charge in [0, 0.05) is 0 Å². The van der Waals surface area contributed by atoms with Crippen molar-refractivity contribution in [2.75, 3.05) is 13.2 Å². The summed E-state index contributed by atoms with van der Waals surface area (Å²) in [4.78, 5) is 28.8. The lowest BCUT2D eigenvalue weighted by molar-refractivity contribution is 0.0526. The molecule has 2 aromatic heterocycles. The van der Waals surface area contributed by atoms with Gasteiger partial charge >= 0.3 is 5.97 Å². The van der Waals surface area contributed by atoms with Crippen molar-refractivity contribution in [1.82, 2.24) is 19.3 Å². The Morgan fingerprint density at radius 3 is 2.58 bits per heavy atom. The Morgan fingerprint density at radius 2 is 1.88 bits per heavy atom. The van der Waals surface area contributed by atoms with Crippen molar-refractivity contribution >= 4 is 17.0 Å². The van der Waals surface area contributed by atoms with Crippen LogP contribution in [0.4, 0.5) is 4.39 Å². The molecule has 0 amide bonds. The van der Waals surface area contributed by atoms with Crippen LogP contribution < -0.4 is 10.3 Å². The van der Waals surface area contributed by atoms with E-state index in [0.717, 1.165) is 0 Å². The van der Waals surface area contributed by atoms with Crippen molar-refractivity contribution < 1.29 is 23.8 Å². The van der Waals surface area contributed by atoms with Gasteiger partial charge in [-0.3, -0.25) is 9.36 Å². The lowest BCUT2D eigenvalue weighted by Gasteiger charge is -2.14. The van der Waals surface area contributed by atoms with Gasteiger partial charge < -0.3 is 14.6 Å². The fraction of sp³-hybridized carbons (Fsp3) is 0.217. The van der Waals surface area contributed by atoms with E-state index in [9.17, 15) is 19.1 Å². The number of aliphatic hydroxyl groups excluding tert-OH is 1. The summed E-state index contributed by atoms with van der Waals surface area (Å²) < 4.78 is 26.4. The van der Waals surface area contributed by atoms with Crippen molar-refractivity contribution in [2.24, 2.45) is 0 Å². The first kappa shape index (κ1) is 22.2. The summed E-state index contributed by atoms with van der Waals surface area (Å²) in [7, 11) is 0. The predicted octanol–water partition coefficient (Wildman–Crippen LogP) is 2.34. The summed E-state index contributed by atoms with van der Waals surface area (Å²) in [5.74, 6) is -0.339. The van der Waals surface area contributed by atoms with Gasteiger partial charge in [-0.2, -0.15) is 5.10 Å². The van der Waals surface area contributed by atoms with E-state index >= 15 is 0 Å². The molecule has 4 rings (SSSR count). The highest BCUT2D eigenvalue weighted by atomic mass is 19.1. The van der Waals surface area contributed by atoms with Crippen LogP contribution in [0.2, 0.25) is 0 Å². The molecule has 0 radical (unpaired) electrons. The van der Waals surface area contributed by atoms with Gasteiger partial charge in [0.2, 0.25) is 0 Å². The average Bonchev–Trinajstić information content (AvgIpc) is 3.25. The van der Waals surface area contributed by atoms with Crippen LogP contribution in [-0.4, -0.2) is 49.7 Å². The number of aliphatic hydroxyl groups is 1. The number of aromatic nitrogens is 4. The first-order valence-electron chi connectivity index (χ1n) is 10.2. The second-order valence-corrected chi connectivity index (χ2v) is 7.18. The number of ether oxygens (including phenoxy) is 2. The van der Waals surface area contributed by atoms with Crippen LogP contribution in [0, 0.1) is 5.82 Å². The quantitative estimate of drug-likeness (QED) is 0.409. The third kappa shape index (κ3) is 4.90. The second kappa shape index (κ2) is 9.61. The summed E-state index contributed by atoms with van der Waals surface area (Å²) in [6.45, 7) is 1.91. The zero-order valence-electron chi connectivity index (χ0n) is 17.7. The van der Waals surface area contributed by atoms with Crippen molar-refractivity contribution in [1.29, 1.82) is 0 Å². The number of nitrogens with zero attached hydrogens (tertiary/aromatic N) is 4. The average molecular weight is 452 g/mol. The number of esters is 1. The van der Waals surface area contributed by atoms with Gasteiger partial charge in [-0.1, -0.05) is 0 Å². The smallest absolute Gasteiger partial charge is 0.338 e. The lowest BCUT2D eigenvalue weighted by atomic mass is 10.2. The van der Waals surface area contributed by atoms with Gasteiger partial charge in [-0.25, -0.2) is 18.9 Å². The van der Waals surface area contributed by atoms with E-state index in [0.29, 0.717) is 22.6 Å². The standard InChI is InChI=1S/C23H21FN4O5/c1-2-32-23(31)15-3-9-19(10-4-15)33-13-18(29)12-27-14-25-21-20(22(27)30)11-26-28(21)17-7-5-16(24)6-8-17/h3-11,14,18,29H,2,12-13H2,1H3. The molecule has 0 saturated carbocycles. The molecule has 2 aromatic carbocycles. The van der Waals surface area contributed by atoms with Crippen LogP contribution in [0.1, 0.15) is 17.3 Å². The highest BCUT2D eigenvalue weighted by Gasteiger charge is 2.14. The zero-order valence-corrected chi connectivity index (χ0v) is 17.7. The number of carbonyl (C=O) groups is 1. The summed E-state index contributed by atoms with van der Waals surface area (Å²) in [6.07, 6.45) is 1.72. The van der Waals surface area contributed by atoms with E-state index in [2.05, 4.69) is 10.1 Å². The molecule has 33 heavy (non-hydrogen) atoms. The molecule has 0 bridgehead atoms. The molecule has 0 aliphatic carbocycles. The third-order valence-electron chi connectivity index (χ3n) is 4.84. The molecule has 170 valence electrons. The van der Waals surface area contributed by atoms with Gasteiger partial charge in [-0.15, -0.1) is 0 Å². The first-order valence-corrected chi connectivity index (χ1v) is 10.2. The molecule has 1 unspecified atom stereocenters. The monoisotopic (exact) mass is 452 g/mol. The summed E-state index contributed by atoms with van der Waals surface area (Å²) in [5.41, 5.74) is 0.928. The van der Waals surface area contributed by atoms with E-state index in [1.807, 2.05) is 0 Å². The van der Waals surface area contributed by atoms with Crippen molar-refractivity contribution in [3.8, 4) is 11.4 Å². The van der Waals surface area contributed by atoms with Crippen LogP contribution >= 0.6 is 0 Å². The number of hydrogen-bond acceptors (Lipinski definition) is 7. The number of halogens is 1. The molecule has 2 heterocycles. The number of carbonyl (C=O) groups excluding carboxylic acids is 1. The highest BCUT2D eigenvalue weighted by Crippen LogP contribution is 2.15. The van der Waals surface area contributed by atoms with Crippen molar-refractivity contribution in [3.05, 3.63) is 82.8 Å². The van der Waals surface area contributed by atoms with E-state index in [4.69, 9.17) is 9.47 Å². The van der Waals surface area contributed by atoms with Crippen LogP contribution in [0.25, 0.3) is 16.7 Å². The Kier molecular flexibility index (Phi) is 6.45. The number of benzene rings is 2. The molecule has 0 spiro atoms. The molecule has 0 aliphatic rings. The summed E-state index contributed by atoms with van der Waals surface area (Å²) >= 11 is 0. The maximum absolute atomic E-state index is 13.2. The fourth-order valence-electron chi connectivity index (χ4n) is 3.22. The Balaban J connectivity index is 1.42. The first-order chi connectivity index (χ1) is 16.0. The topological polar surface area (TPSA) is 108 Å². The predicted molar refractivity (Wildman–Crippen MR) is 117 cm³/mol. The molecule has 10 heteroatoms. The Morgan fingerprint density at radius 1 is 1.15 bits per heavy atom. The molecule has 4 aromatic rings. The number of hydrogen-bond donors (Lipinski definition) is 1. The molecule has 1 atom stereocenters. The Hall–Kier alpha value is -4.05. The van der Waals surface area contributed by atoms with Crippen LogP contribution in [0.3, 0.4) is 0 Å². The third-order valence-corrected chi connectivity index (χ3v) is 4.84. The van der Waals surface area contributed by atoms with Crippen molar-refractivity contribution in [3.63, 3.8) is 0 Å². The van der Waals surface area contributed by atoms with Gasteiger partial charge in [0.1, 0.15) is 36.0 Å². The molecular weight excluding hydrogens is 431 g/mol. The SMILES string of the molecule is CCOC(=O)c1ccc(OCC(O)Cn2cnc3c(cnn3-c3ccc(F)cc3)c2=O)cc1. The van der Waals surface area contributed by atoms with Crippen LogP contribution in [0.15, 0.2) is 65.8 Å². The highest BCUT2D eigenvalue weighted by molar-refractivity contribution is 5.89. The lowest BCUT2D eigenvalue weighted by Crippen LogP contribution is -2.30. The van der Waals surface area contributed by atoms with E-state index in [1.165, 1.54) is 46.0 Å². The molecular formula is C23H21FN4O5. The van der Waals surface area contributed by atoms with E-state index in [1.54, 1.807) is 31.2 Å². The van der Waals surface area contributed by atoms with Gasteiger partial charge in [0.05, 0.1) is 30.6 Å². The number of fused-ring (bicyclic) bond motifs is 1. The minimum absolute atomic E-state index is 0.0373. The molecule has 0 aliphatic heterocycles. The fourth-order valence-corrected chi connectivity index (χ4v) is 3.22. The maximum Gasteiger partial charge on any atom is 0.338 e. The van der Waals surface area contributed by atoms with Gasteiger partial charge in [-0.05, 0) is 55.5 Å². The van der Waals surface area contributed by atoms with E-state index in [-0.39, 0.29) is 36.5 Å². The molecule has 1 N–H and O–H groups in total. The van der Waals surface area contributed by atoms with Crippen LogP contribution in [-0.2, 0) is 11.3 Å². The van der Waals surface area contributed by atoms with Gasteiger partial charge in [0.25, 0.3) is 5.56 Å². The second-order valence-electron chi connectivity index (χ2n) is 7.18. The van der Waals surface area contributed by atoms with E-state index < -0.39 is 12.1 Å². The van der Waals surface area contributed by atoms with Crippen LogP contribution in [0.5, 0.6) is 5.75 Å². The minimum atomic E-state index is -0.987. The zero-order chi connectivity index (χ0) is 23.4. The summed E-state index contributed by atoms with van der Waals surface area (Å²) in [6, 6.07) is 12.0. The largest absolute Gasteiger partial charge is 0.491 e. The molecule has 0 saturated heterocycles. The molecule has 0 fully saturated rings.